The Morgan fingerprint density at radius 2 is 1.92 bits per heavy atom. The van der Waals surface area contributed by atoms with Crippen LogP contribution in [0.4, 0.5) is 5.69 Å². The van der Waals surface area contributed by atoms with Crippen LogP contribution < -0.4 is 5.73 Å². The molecule has 0 heterocycles. The van der Waals surface area contributed by atoms with E-state index in [0.717, 1.165) is 12.1 Å². The third-order valence-corrected chi connectivity index (χ3v) is 2.94. The summed E-state index contributed by atoms with van der Waals surface area (Å²) in [5.74, 6) is 0. The quantitative estimate of drug-likeness (QED) is 0.689. The summed E-state index contributed by atoms with van der Waals surface area (Å²) in [6.45, 7) is 8.80. The Hall–Kier alpha value is -0.980. The molecule has 0 spiro atoms. The van der Waals surface area contributed by atoms with Crippen molar-refractivity contribution in [2.24, 2.45) is 0 Å². The standard InChI is InChI=1S/C12H19N/c1-5-12(3,4)10-6-7-11(13)9(2)8-10/h6-8H,5,13H2,1-4H3. The Bertz CT molecular complexity index is 300. The van der Waals surface area contributed by atoms with Crippen molar-refractivity contribution in [1.29, 1.82) is 0 Å². The Morgan fingerprint density at radius 1 is 1.31 bits per heavy atom. The largest absolute Gasteiger partial charge is 0.399 e. The van der Waals surface area contributed by atoms with Crippen LogP contribution in [-0.4, -0.2) is 0 Å². The number of hydrogen-bond donors (Lipinski definition) is 1. The highest BCUT2D eigenvalue weighted by atomic mass is 14.5. The van der Waals surface area contributed by atoms with Gasteiger partial charge >= 0.3 is 0 Å². The molecule has 1 heteroatoms. The van der Waals surface area contributed by atoms with Crippen LogP contribution in [0.25, 0.3) is 0 Å². The van der Waals surface area contributed by atoms with E-state index in [0.29, 0.717) is 0 Å². The lowest BCUT2D eigenvalue weighted by Crippen LogP contribution is -2.15. The zero-order valence-electron chi connectivity index (χ0n) is 9.02. The Balaban J connectivity index is 3.10. The summed E-state index contributed by atoms with van der Waals surface area (Å²) in [7, 11) is 0. The van der Waals surface area contributed by atoms with Crippen LogP contribution in [0.1, 0.15) is 38.3 Å². The first kappa shape index (κ1) is 10.1. The maximum absolute atomic E-state index is 5.77. The number of nitrogens with two attached hydrogens (primary N) is 1. The summed E-state index contributed by atoms with van der Waals surface area (Å²) in [6.07, 6.45) is 1.15. The number of benzene rings is 1. The molecule has 0 aliphatic carbocycles. The van der Waals surface area contributed by atoms with Crippen LogP contribution in [0.5, 0.6) is 0 Å². The van der Waals surface area contributed by atoms with Gasteiger partial charge in [-0.2, -0.15) is 0 Å². The maximum atomic E-state index is 5.77. The zero-order chi connectivity index (χ0) is 10.1. The first-order chi connectivity index (χ1) is 5.97. The van der Waals surface area contributed by atoms with E-state index in [1.807, 2.05) is 6.07 Å². The van der Waals surface area contributed by atoms with Gasteiger partial charge in [0, 0.05) is 5.69 Å². The van der Waals surface area contributed by atoms with Crippen molar-refractivity contribution in [3.63, 3.8) is 0 Å². The molecule has 0 radical (unpaired) electrons. The van der Waals surface area contributed by atoms with Gasteiger partial charge in [0.15, 0.2) is 0 Å². The topological polar surface area (TPSA) is 26.0 Å². The number of hydrogen-bond acceptors (Lipinski definition) is 1. The lowest BCUT2D eigenvalue weighted by atomic mass is 9.81. The van der Waals surface area contributed by atoms with Gasteiger partial charge in [-0.05, 0) is 36.0 Å². The highest BCUT2D eigenvalue weighted by Crippen LogP contribution is 2.28. The fraction of sp³-hybridized carbons (Fsp3) is 0.500. The first-order valence-electron chi connectivity index (χ1n) is 4.84. The average molecular weight is 177 g/mol. The Labute approximate surface area is 81.0 Å². The minimum absolute atomic E-state index is 0.262. The van der Waals surface area contributed by atoms with E-state index in [2.05, 4.69) is 39.8 Å². The summed E-state index contributed by atoms with van der Waals surface area (Å²) in [5, 5.41) is 0. The SMILES string of the molecule is CCC(C)(C)c1ccc(N)c(C)c1. The smallest absolute Gasteiger partial charge is 0.0343 e. The molecule has 0 saturated heterocycles. The molecular weight excluding hydrogens is 158 g/mol. The molecule has 0 atom stereocenters. The highest BCUT2D eigenvalue weighted by Gasteiger charge is 2.17. The minimum atomic E-state index is 0.262. The van der Waals surface area contributed by atoms with E-state index in [9.17, 15) is 0 Å². The van der Waals surface area contributed by atoms with Crippen LogP contribution in [0.3, 0.4) is 0 Å². The summed E-state index contributed by atoms with van der Waals surface area (Å²) < 4.78 is 0. The van der Waals surface area contributed by atoms with Gasteiger partial charge in [0.2, 0.25) is 0 Å². The van der Waals surface area contributed by atoms with Crippen molar-refractivity contribution in [3.8, 4) is 0 Å². The number of rotatable bonds is 2. The fourth-order valence-corrected chi connectivity index (χ4v) is 1.30. The molecule has 0 aliphatic heterocycles. The van der Waals surface area contributed by atoms with E-state index >= 15 is 0 Å². The first-order valence-corrected chi connectivity index (χ1v) is 4.84. The number of nitrogen functional groups attached to an aromatic ring is 1. The molecule has 0 aliphatic rings. The number of anilines is 1. The van der Waals surface area contributed by atoms with Crippen molar-refractivity contribution in [2.45, 2.75) is 39.5 Å². The van der Waals surface area contributed by atoms with Gasteiger partial charge < -0.3 is 5.73 Å². The van der Waals surface area contributed by atoms with Gasteiger partial charge in [-0.25, -0.2) is 0 Å². The molecule has 2 N–H and O–H groups in total. The Kier molecular flexibility index (Phi) is 2.65. The monoisotopic (exact) mass is 177 g/mol. The fourth-order valence-electron chi connectivity index (χ4n) is 1.30. The molecule has 0 amide bonds. The van der Waals surface area contributed by atoms with Gasteiger partial charge in [-0.1, -0.05) is 32.9 Å². The van der Waals surface area contributed by atoms with Crippen molar-refractivity contribution >= 4 is 5.69 Å². The normalized spacial score (nSPS) is 11.7. The van der Waals surface area contributed by atoms with Gasteiger partial charge in [0.05, 0.1) is 0 Å². The molecule has 0 unspecified atom stereocenters. The van der Waals surface area contributed by atoms with Crippen molar-refractivity contribution in [2.75, 3.05) is 5.73 Å². The van der Waals surface area contributed by atoms with Gasteiger partial charge in [0.1, 0.15) is 0 Å². The second kappa shape index (κ2) is 3.41. The molecule has 0 aromatic heterocycles. The predicted molar refractivity (Wildman–Crippen MR) is 58.9 cm³/mol. The van der Waals surface area contributed by atoms with Crippen LogP contribution in [0.2, 0.25) is 0 Å². The van der Waals surface area contributed by atoms with Crippen LogP contribution >= 0.6 is 0 Å². The molecule has 0 saturated carbocycles. The summed E-state index contributed by atoms with van der Waals surface area (Å²) >= 11 is 0. The molecule has 0 bridgehead atoms. The second-order valence-electron chi connectivity index (χ2n) is 4.31. The highest BCUT2D eigenvalue weighted by molar-refractivity contribution is 5.48. The third-order valence-electron chi connectivity index (χ3n) is 2.94. The van der Waals surface area contributed by atoms with E-state index in [4.69, 9.17) is 5.73 Å². The maximum Gasteiger partial charge on any atom is 0.0343 e. The molecule has 1 aromatic rings. The molecule has 72 valence electrons. The second-order valence-corrected chi connectivity index (χ2v) is 4.31. The Morgan fingerprint density at radius 3 is 2.38 bits per heavy atom. The van der Waals surface area contributed by atoms with Crippen molar-refractivity contribution < 1.29 is 0 Å². The van der Waals surface area contributed by atoms with Crippen LogP contribution in [-0.2, 0) is 5.41 Å². The summed E-state index contributed by atoms with van der Waals surface area (Å²) in [6, 6.07) is 6.33. The predicted octanol–water partition coefficient (Wildman–Crippen LogP) is 3.26. The van der Waals surface area contributed by atoms with Crippen LogP contribution in [0, 0.1) is 6.92 Å². The minimum Gasteiger partial charge on any atom is -0.399 e. The molecule has 1 aromatic carbocycles. The lowest BCUT2D eigenvalue weighted by Gasteiger charge is -2.24. The summed E-state index contributed by atoms with van der Waals surface area (Å²) in [4.78, 5) is 0. The average Bonchev–Trinajstić information content (AvgIpc) is 2.09. The molecule has 1 nitrogen and oxygen atoms in total. The van der Waals surface area contributed by atoms with E-state index in [-0.39, 0.29) is 5.41 Å². The molecule has 1 rings (SSSR count). The van der Waals surface area contributed by atoms with Crippen LogP contribution in [0.15, 0.2) is 18.2 Å². The van der Waals surface area contributed by atoms with E-state index in [1.54, 1.807) is 0 Å². The number of aryl methyl sites for hydroxylation is 1. The third kappa shape index (κ3) is 2.03. The molecule has 13 heavy (non-hydrogen) atoms. The van der Waals surface area contributed by atoms with E-state index < -0.39 is 0 Å². The zero-order valence-corrected chi connectivity index (χ0v) is 9.02. The molecular formula is C12H19N. The van der Waals surface area contributed by atoms with Gasteiger partial charge in [-0.15, -0.1) is 0 Å². The van der Waals surface area contributed by atoms with Gasteiger partial charge in [-0.3, -0.25) is 0 Å². The molecule has 0 fully saturated rings. The summed E-state index contributed by atoms with van der Waals surface area (Å²) in [5.41, 5.74) is 9.48. The lowest BCUT2D eigenvalue weighted by molar-refractivity contribution is 0.506. The van der Waals surface area contributed by atoms with Crippen molar-refractivity contribution in [1.82, 2.24) is 0 Å². The van der Waals surface area contributed by atoms with E-state index in [1.165, 1.54) is 11.1 Å². The van der Waals surface area contributed by atoms with Gasteiger partial charge in [0.25, 0.3) is 0 Å². The van der Waals surface area contributed by atoms with Crippen molar-refractivity contribution in [3.05, 3.63) is 29.3 Å².